The van der Waals surface area contributed by atoms with Crippen molar-refractivity contribution in [3.05, 3.63) is 60.3 Å². The summed E-state index contributed by atoms with van der Waals surface area (Å²) in [5.74, 6) is 0. The molecule has 1 nitrogen and oxygen atoms in total. The maximum atomic E-state index is 5.61. The molecule has 1 aromatic heterocycles. The van der Waals surface area contributed by atoms with Gasteiger partial charge in [0.15, 0.2) is 0 Å². The van der Waals surface area contributed by atoms with E-state index in [1.807, 2.05) is 11.3 Å². The average molecular weight is 267 g/mol. The van der Waals surface area contributed by atoms with E-state index >= 15 is 0 Å². The van der Waals surface area contributed by atoms with E-state index in [2.05, 4.69) is 49.0 Å². The van der Waals surface area contributed by atoms with Crippen LogP contribution < -0.4 is 5.73 Å². The molecule has 0 unspecified atom stereocenters. The fourth-order valence-electron chi connectivity index (χ4n) is 2.45. The van der Waals surface area contributed by atoms with Crippen LogP contribution in [-0.4, -0.2) is 0 Å². The maximum Gasteiger partial charge on any atom is 0.0355 e. The zero-order valence-corrected chi connectivity index (χ0v) is 11.7. The predicted molar refractivity (Wildman–Crippen MR) is 85.6 cm³/mol. The minimum Gasteiger partial charge on any atom is -0.403 e. The summed E-state index contributed by atoms with van der Waals surface area (Å²) >= 11 is 1.86. The van der Waals surface area contributed by atoms with Gasteiger partial charge in [0.05, 0.1) is 0 Å². The topological polar surface area (TPSA) is 26.0 Å². The van der Waals surface area contributed by atoms with Crippen molar-refractivity contribution in [2.75, 3.05) is 0 Å². The normalized spacial score (nSPS) is 11.2. The molecule has 0 saturated heterocycles. The second-order valence-electron chi connectivity index (χ2n) is 4.94. The highest BCUT2D eigenvalue weighted by Crippen LogP contribution is 2.34. The molecule has 19 heavy (non-hydrogen) atoms. The van der Waals surface area contributed by atoms with Gasteiger partial charge >= 0.3 is 0 Å². The fraction of sp³-hybridized carbons (Fsp3) is 0.176. The number of thiophene rings is 1. The lowest BCUT2D eigenvalue weighted by molar-refractivity contribution is 0.808. The molecule has 96 valence electrons. The molecule has 0 aliphatic rings. The number of hydrogen-bond donors (Lipinski definition) is 1. The van der Waals surface area contributed by atoms with Gasteiger partial charge in [-0.1, -0.05) is 30.8 Å². The number of fused-ring (bicyclic) bond motifs is 3. The van der Waals surface area contributed by atoms with Crippen LogP contribution in [0.25, 0.3) is 20.2 Å². The second kappa shape index (κ2) is 5.06. The molecule has 0 saturated carbocycles. The first-order valence-electron chi connectivity index (χ1n) is 6.57. The zero-order valence-electron chi connectivity index (χ0n) is 10.9. The van der Waals surface area contributed by atoms with Gasteiger partial charge in [-0.25, -0.2) is 0 Å². The predicted octanol–water partition coefficient (Wildman–Crippen LogP) is 4.85. The van der Waals surface area contributed by atoms with Crippen LogP contribution >= 0.6 is 11.3 Å². The summed E-state index contributed by atoms with van der Waals surface area (Å²) in [6.45, 7) is 3.75. The van der Waals surface area contributed by atoms with Crippen LogP contribution in [-0.2, 0) is 6.42 Å². The molecular weight excluding hydrogens is 250 g/mol. The van der Waals surface area contributed by atoms with Crippen molar-refractivity contribution in [1.82, 2.24) is 0 Å². The van der Waals surface area contributed by atoms with Crippen molar-refractivity contribution in [3.8, 4) is 0 Å². The first-order valence-corrected chi connectivity index (χ1v) is 7.39. The second-order valence-corrected chi connectivity index (χ2v) is 6.02. The number of hydrogen-bond acceptors (Lipinski definition) is 2. The molecular formula is C17H17NS. The SMILES string of the molecule is C=C(N)CCCc1ccc2sc3ccccc3c2c1. The molecule has 0 amide bonds. The number of rotatable bonds is 4. The Morgan fingerprint density at radius 3 is 2.68 bits per heavy atom. The van der Waals surface area contributed by atoms with Crippen LogP contribution in [0.4, 0.5) is 0 Å². The highest BCUT2D eigenvalue weighted by atomic mass is 32.1. The molecule has 0 atom stereocenters. The van der Waals surface area contributed by atoms with Crippen LogP contribution in [0.15, 0.2) is 54.7 Å². The Morgan fingerprint density at radius 1 is 1.05 bits per heavy atom. The molecule has 3 aromatic rings. The van der Waals surface area contributed by atoms with Gasteiger partial charge in [0.25, 0.3) is 0 Å². The molecule has 0 fully saturated rings. The average Bonchev–Trinajstić information content (AvgIpc) is 2.76. The van der Waals surface area contributed by atoms with Crippen LogP contribution in [0, 0.1) is 0 Å². The Hall–Kier alpha value is -1.80. The van der Waals surface area contributed by atoms with E-state index in [0.717, 1.165) is 25.0 Å². The third kappa shape index (κ3) is 2.49. The highest BCUT2D eigenvalue weighted by molar-refractivity contribution is 7.25. The summed E-state index contributed by atoms with van der Waals surface area (Å²) in [6.07, 6.45) is 3.04. The largest absolute Gasteiger partial charge is 0.403 e. The van der Waals surface area contributed by atoms with Crippen molar-refractivity contribution >= 4 is 31.5 Å². The van der Waals surface area contributed by atoms with E-state index in [9.17, 15) is 0 Å². The van der Waals surface area contributed by atoms with Crippen molar-refractivity contribution in [2.24, 2.45) is 5.73 Å². The zero-order chi connectivity index (χ0) is 13.2. The lowest BCUT2D eigenvalue weighted by Gasteiger charge is -2.02. The minimum atomic E-state index is 0.780. The van der Waals surface area contributed by atoms with Crippen LogP contribution in [0.2, 0.25) is 0 Å². The number of benzene rings is 2. The fourth-order valence-corrected chi connectivity index (χ4v) is 3.53. The monoisotopic (exact) mass is 267 g/mol. The van der Waals surface area contributed by atoms with Crippen molar-refractivity contribution < 1.29 is 0 Å². The summed E-state index contributed by atoms with van der Waals surface area (Å²) < 4.78 is 2.73. The van der Waals surface area contributed by atoms with Gasteiger partial charge in [-0.2, -0.15) is 0 Å². The van der Waals surface area contributed by atoms with E-state index in [1.165, 1.54) is 25.7 Å². The molecule has 0 bridgehead atoms. The maximum absolute atomic E-state index is 5.61. The van der Waals surface area contributed by atoms with Crippen molar-refractivity contribution in [1.29, 1.82) is 0 Å². The van der Waals surface area contributed by atoms with Gasteiger partial charge in [0.2, 0.25) is 0 Å². The molecule has 0 radical (unpaired) electrons. The van der Waals surface area contributed by atoms with Gasteiger partial charge < -0.3 is 5.73 Å². The van der Waals surface area contributed by atoms with Gasteiger partial charge in [0.1, 0.15) is 0 Å². The minimum absolute atomic E-state index is 0.780. The van der Waals surface area contributed by atoms with E-state index < -0.39 is 0 Å². The smallest absolute Gasteiger partial charge is 0.0355 e. The van der Waals surface area contributed by atoms with E-state index in [0.29, 0.717) is 0 Å². The summed E-state index contributed by atoms with van der Waals surface area (Å²) in [5, 5.41) is 2.75. The van der Waals surface area contributed by atoms with E-state index in [-0.39, 0.29) is 0 Å². The van der Waals surface area contributed by atoms with Crippen LogP contribution in [0.3, 0.4) is 0 Å². The first kappa shape index (κ1) is 12.2. The summed E-state index contributed by atoms with van der Waals surface area (Å²) in [5.41, 5.74) is 7.78. The Bertz CT molecular complexity index is 739. The standard InChI is InChI=1S/C17H17NS/c1-12(18)5-4-6-13-9-10-17-15(11-13)14-7-2-3-8-16(14)19-17/h2-3,7-11H,1,4-6,18H2. The summed E-state index contributed by atoms with van der Waals surface area (Å²) in [6, 6.07) is 15.4. The van der Waals surface area contributed by atoms with E-state index in [4.69, 9.17) is 5.73 Å². The first-order chi connectivity index (χ1) is 9.24. The van der Waals surface area contributed by atoms with Crippen molar-refractivity contribution in [2.45, 2.75) is 19.3 Å². The van der Waals surface area contributed by atoms with Gasteiger partial charge in [-0.05, 0) is 43.0 Å². The van der Waals surface area contributed by atoms with Crippen LogP contribution in [0.5, 0.6) is 0 Å². The summed E-state index contributed by atoms with van der Waals surface area (Å²) in [7, 11) is 0. The highest BCUT2D eigenvalue weighted by Gasteiger charge is 2.05. The van der Waals surface area contributed by atoms with Gasteiger partial charge in [0, 0.05) is 25.9 Å². The number of aryl methyl sites for hydroxylation is 1. The van der Waals surface area contributed by atoms with Gasteiger partial charge in [-0.15, -0.1) is 11.3 Å². The van der Waals surface area contributed by atoms with Gasteiger partial charge in [-0.3, -0.25) is 0 Å². The Kier molecular flexibility index (Phi) is 3.26. The van der Waals surface area contributed by atoms with E-state index in [1.54, 1.807) is 0 Å². The molecule has 2 N–H and O–H groups in total. The third-order valence-corrected chi connectivity index (χ3v) is 4.56. The molecule has 3 rings (SSSR count). The molecule has 2 heteroatoms. The summed E-state index contributed by atoms with van der Waals surface area (Å²) in [4.78, 5) is 0. The molecule has 1 heterocycles. The number of allylic oxidation sites excluding steroid dienone is 1. The van der Waals surface area contributed by atoms with Crippen LogP contribution in [0.1, 0.15) is 18.4 Å². The molecule has 0 spiro atoms. The quantitative estimate of drug-likeness (QED) is 0.718. The number of nitrogens with two attached hydrogens (primary N) is 1. The lowest BCUT2D eigenvalue weighted by Crippen LogP contribution is -1.95. The Balaban J connectivity index is 1.95. The van der Waals surface area contributed by atoms with Crippen molar-refractivity contribution in [3.63, 3.8) is 0 Å². The molecule has 0 aliphatic carbocycles. The Labute approximate surface area is 117 Å². The Morgan fingerprint density at radius 2 is 1.84 bits per heavy atom. The molecule has 2 aromatic carbocycles. The third-order valence-electron chi connectivity index (χ3n) is 3.40. The molecule has 0 aliphatic heterocycles. The lowest BCUT2D eigenvalue weighted by atomic mass is 10.0.